The van der Waals surface area contributed by atoms with E-state index in [0.29, 0.717) is 0 Å². The molecule has 3 fully saturated rings. The highest BCUT2D eigenvalue weighted by molar-refractivity contribution is 5.80. The molecular weight excluding hydrogens is 610 g/mol. The lowest BCUT2D eigenvalue weighted by Gasteiger charge is -2.57. The Kier molecular flexibility index (Phi) is 12.0. The first-order chi connectivity index (χ1) is 20.5. The molecule has 0 aromatic rings. The molecule has 3 rings (SSSR count). The Labute approximate surface area is 247 Å². The zero-order valence-electron chi connectivity index (χ0n) is 22.8. The maximum absolute atomic E-state index is 12.7. The molecule has 1 amide bonds. The van der Waals surface area contributed by atoms with E-state index in [9.17, 15) is 76.0 Å². The van der Waals surface area contributed by atoms with Crippen molar-refractivity contribution in [1.29, 1.82) is 0 Å². The van der Waals surface area contributed by atoms with Crippen LogP contribution in [0.4, 0.5) is 0 Å². The summed E-state index contributed by atoms with van der Waals surface area (Å²) in [5.41, 5.74) is -3.38. The van der Waals surface area contributed by atoms with E-state index in [1.165, 1.54) is 0 Å². The minimum Gasteiger partial charge on any atom is -0.479 e. The highest BCUT2D eigenvalue weighted by Gasteiger charge is 2.72. The maximum atomic E-state index is 12.7. The smallest absolute Gasteiger partial charge is 0.341 e. The molecule has 0 saturated carbocycles. The number of ether oxygens (including phenoxy) is 4. The molecule has 0 aromatic heterocycles. The topological polar surface area (TPSA) is 366 Å². The van der Waals surface area contributed by atoms with Crippen LogP contribution in [0.2, 0.25) is 0 Å². The van der Waals surface area contributed by atoms with E-state index in [0.717, 1.165) is 0 Å². The van der Waals surface area contributed by atoms with Gasteiger partial charge in [0.05, 0.1) is 32.0 Å². The summed E-state index contributed by atoms with van der Waals surface area (Å²) in [5.74, 6) is -7.00. The van der Waals surface area contributed by atoms with Gasteiger partial charge in [0.15, 0.2) is 6.29 Å². The van der Waals surface area contributed by atoms with Crippen molar-refractivity contribution in [3.8, 4) is 0 Å². The van der Waals surface area contributed by atoms with Crippen LogP contribution in [-0.4, -0.2) is 207 Å². The Morgan fingerprint density at radius 3 is 2.02 bits per heavy atom. The Bertz CT molecular complexity index is 987. The average molecular weight is 650 g/mol. The summed E-state index contributed by atoms with van der Waals surface area (Å²) >= 11 is 0. The summed E-state index contributed by atoms with van der Waals surface area (Å²) in [6, 6.07) is -1.80. The monoisotopic (exact) mass is 649 g/mol. The Balaban J connectivity index is 2.00. The molecule has 3 heterocycles. The quantitative estimate of drug-likeness (QED) is 0.0987. The van der Waals surface area contributed by atoms with E-state index in [1.807, 2.05) is 5.32 Å². The number of hydrogen-bond acceptors (Lipinski definition) is 19. The van der Waals surface area contributed by atoms with E-state index in [-0.39, 0.29) is 0 Å². The lowest BCUT2D eigenvalue weighted by atomic mass is 9.74. The number of aliphatic hydroxyl groups is 13. The Hall–Kier alpha value is -1.74. The predicted octanol–water partition coefficient (Wildman–Crippen LogP) is -9.86. The van der Waals surface area contributed by atoms with Gasteiger partial charge in [-0.05, 0) is 0 Å². The second-order valence-electron chi connectivity index (χ2n) is 10.7. The lowest BCUT2D eigenvalue weighted by Crippen LogP contribution is -2.80. The summed E-state index contributed by atoms with van der Waals surface area (Å²) < 4.78 is 21.4. The third-order valence-corrected chi connectivity index (χ3v) is 7.99. The fraction of sp³-hybridized carbons (Fsp3) is 0.913. The first-order valence-electron chi connectivity index (χ1n) is 13.3. The molecular formula is C23H39NO20. The van der Waals surface area contributed by atoms with Gasteiger partial charge in [-0.3, -0.25) is 4.79 Å². The van der Waals surface area contributed by atoms with Crippen LogP contribution in [-0.2, 0) is 28.5 Å². The van der Waals surface area contributed by atoms with E-state index < -0.39 is 142 Å². The van der Waals surface area contributed by atoms with Crippen LogP contribution in [0.3, 0.4) is 0 Å². The van der Waals surface area contributed by atoms with Crippen molar-refractivity contribution >= 4 is 11.9 Å². The van der Waals surface area contributed by atoms with Gasteiger partial charge in [-0.1, -0.05) is 0 Å². The molecule has 3 aliphatic heterocycles. The molecule has 0 radical (unpaired) electrons. The number of amides is 1. The molecule has 0 aliphatic carbocycles. The van der Waals surface area contributed by atoms with E-state index in [2.05, 4.69) is 0 Å². The number of aliphatic hydroxyl groups excluding tert-OH is 12. The van der Waals surface area contributed by atoms with Crippen molar-refractivity contribution in [2.75, 3.05) is 26.4 Å². The number of rotatable bonds is 11. The van der Waals surface area contributed by atoms with Crippen molar-refractivity contribution in [2.24, 2.45) is 0 Å². The van der Waals surface area contributed by atoms with Crippen molar-refractivity contribution in [3.63, 3.8) is 0 Å². The average Bonchev–Trinajstić information content (AvgIpc) is 3.00. The molecule has 21 heteroatoms. The molecule has 44 heavy (non-hydrogen) atoms. The van der Waals surface area contributed by atoms with Gasteiger partial charge in [0, 0.05) is 6.42 Å². The molecule has 3 saturated heterocycles. The Morgan fingerprint density at radius 2 is 1.50 bits per heavy atom. The van der Waals surface area contributed by atoms with Crippen molar-refractivity contribution < 1.29 is 100 Å². The Morgan fingerprint density at radius 1 is 0.886 bits per heavy atom. The number of nitrogens with one attached hydrogen (secondary N) is 1. The summed E-state index contributed by atoms with van der Waals surface area (Å²) in [6.07, 6.45) is -28.5. The van der Waals surface area contributed by atoms with E-state index in [4.69, 9.17) is 24.1 Å². The van der Waals surface area contributed by atoms with Crippen LogP contribution in [0.5, 0.6) is 0 Å². The molecule has 15 N–H and O–H groups in total. The third kappa shape index (κ3) is 6.43. The summed E-state index contributed by atoms with van der Waals surface area (Å²) in [4.78, 5) is 24.6. The molecule has 2 unspecified atom stereocenters. The van der Waals surface area contributed by atoms with Gasteiger partial charge in [0.25, 0.3) is 0 Å². The van der Waals surface area contributed by atoms with Crippen LogP contribution in [0, 0.1) is 0 Å². The number of hydrogen-bond donors (Lipinski definition) is 15. The van der Waals surface area contributed by atoms with Gasteiger partial charge in [-0.15, -0.1) is 0 Å². The highest BCUT2D eigenvalue weighted by Crippen LogP contribution is 2.46. The minimum absolute atomic E-state index is 0.876. The molecule has 256 valence electrons. The molecule has 0 bridgehead atoms. The standard InChI is InChI=1S/C23H39NO20/c25-2-7(30)12(32)18-11(24-10(31)5-28)6(29)1-22(44-18,21(38)39)23(40)19(37)16(36)17(9(4-27)43-23)42-20-15(35)14(34)13(33)8(3-26)41-20/h6-9,11-20,25-30,32-37,40H,1-5H2,(H,24,31)(H,38,39)/t6-,7+,8+,9+,11+,12+,13-,14-,15+,16-,17+,18+,19+,20-,22?,23?/m0/s1. The summed E-state index contributed by atoms with van der Waals surface area (Å²) in [6.45, 7) is -4.38. The van der Waals surface area contributed by atoms with Gasteiger partial charge in [0.1, 0.15) is 73.8 Å². The minimum atomic E-state index is -3.64. The van der Waals surface area contributed by atoms with Crippen LogP contribution in [0.25, 0.3) is 0 Å². The first-order valence-corrected chi connectivity index (χ1v) is 13.3. The van der Waals surface area contributed by atoms with E-state index >= 15 is 0 Å². The first kappa shape index (κ1) is 36.7. The molecule has 3 aliphatic rings. The van der Waals surface area contributed by atoms with Gasteiger partial charge in [-0.2, -0.15) is 0 Å². The second-order valence-corrected chi connectivity index (χ2v) is 10.7. The highest BCUT2D eigenvalue weighted by atomic mass is 16.7. The number of carboxylic acids is 1. The van der Waals surface area contributed by atoms with Crippen molar-refractivity contribution in [3.05, 3.63) is 0 Å². The van der Waals surface area contributed by atoms with Gasteiger partial charge >= 0.3 is 5.97 Å². The van der Waals surface area contributed by atoms with Crippen molar-refractivity contribution in [1.82, 2.24) is 5.32 Å². The maximum Gasteiger partial charge on any atom is 0.341 e. The summed E-state index contributed by atoms with van der Waals surface area (Å²) in [5, 5.41) is 146. The zero-order chi connectivity index (χ0) is 33.3. The van der Waals surface area contributed by atoms with Crippen LogP contribution in [0.1, 0.15) is 6.42 Å². The number of aliphatic carboxylic acids is 1. The predicted molar refractivity (Wildman–Crippen MR) is 132 cm³/mol. The SMILES string of the molecule is O=C(CO)N[C@H]1[C@H]([C@H](O)[C@H](O)CO)OC(C(=O)O)(C2(O)O[C@H](CO)[C@@H](O[C@@H]3O[C@H](CO)[C@H](O)[C@H](O)[C@H]3O)[C@H](O)[C@H]2O)C[C@@H]1O. The number of carbonyl (C=O) groups is 2. The molecule has 16 atom stereocenters. The fourth-order valence-electron chi connectivity index (χ4n) is 5.51. The third-order valence-electron chi connectivity index (χ3n) is 7.99. The normalized spacial score (nSPS) is 46.2. The van der Waals surface area contributed by atoms with Gasteiger partial charge < -0.3 is 95.8 Å². The zero-order valence-corrected chi connectivity index (χ0v) is 22.8. The number of carbonyl (C=O) groups excluding carboxylic acids is 1. The van der Waals surface area contributed by atoms with Gasteiger partial charge in [0.2, 0.25) is 17.3 Å². The van der Waals surface area contributed by atoms with Crippen molar-refractivity contribution in [2.45, 2.75) is 103 Å². The fourth-order valence-corrected chi connectivity index (χ4v) is 5.51. The van der Waals surface area contributed by atoms with Crippen LogP contribution < -0.4 is 5.32 Å². The molecule has 0 aromatic carbocycles. The number of carboxylic acid groups (broad SMARTS) is 1. The lowest BCUT2D eigenvalue weighted by molar-refractivity contribution is -0.428. The molecule has 0 spiro atoms. The largest absolute Gasteiger partial charge is 0.479 e. The van der Waals surface area contributed by atoms with Crippen LogP contribution in [0.15, 0.2) is 0 Å². The molecule has 21 nitrogen and oxygen atoms in total. The summed E-state index contributed by atoms with van der Waals surface area (Å²) in [7, 11) is 0. The second kappa shape index (κ2) is 14.4. The van der Waals surface area contributed by atoms with Gasteiger partial charge in [-0.25, -0.2) is 4.79 Å². The van der Waals surface area contributed by atoms with Crippen LogP contribution >= 0.6 is 0 Å². The van der Waals surface area contributed by atoms with E-state index in [1.54, 1.807) is 0 Å².